The molecule has 4 aromatic heterocycles. The second kappa shape index (κ2) is 8.29. The molecule has 0 spiro atoms. The molecule has 1 aliphatic carbocycles. The Hall–Kier alpha value is -2.78. The van der Waals surface area contributed by atoms with Gasteiger partial charge in [-0.3, -0.25) is 4.68 Å². The van der Waals surface area contributed by atoms with Gasteiger partial charge in [-0.15, -0.1) is 11.3 Å². The lowest BCUT2D eigenvalue weighted by Gasteiger charge is -2.34. The molecule has 0 aromatic carbocycles. The van der Waals surface area contributed by atoms with Gasteiger partial charge in [0.2, 0.25) is 0 Å². The minimum absolute atomic E-state index is 0.323. The maximum absolute atomic E-state index is 5.44. The Labute approximate surface area is 191 Å². The van der Waals surface area contributed by atoms with E-state index in [4.69, 9.17) is 19.8 Å². The second-order valence-corrected chi connectivity index (χ2v) is 9.84. The lowest BCUT2D eigenvalue weighted by atomic mass is 9.82. The van der Waals surface area contributed by atoms with Gasteiger partial charge < -0.3 is 14.6 Å². The number of thiophene rings is 1. The van der Waals surface area contributed by atoms with Crippen molar-refractivity contribution in [3.63, 3.8) is 0 Å². The van der Waals surface area contributed by atoms with Crippen LogP contribution in [0.15, 0.2) is 24.7 Å². The van der Waals surface area contributed by atoms with Crippen LogP contribution in [-0.4, -0.2) is 49.1 Å². The number of hydrogen-bond donors (Lipinski definition) is 1. The SMILES string of the molecule is CO[C@H]1C[C@H](CNc2nc(-c3nccn3C)nc3sc(-c4ccn(C(C)C)n4)c(C)c23)C1. The Kier molecular flexibility index (Phi) is 5.46. The highest BCUT2D eigenvalue weighted by atomic mass is 32.1. The summed E-state index contributed by atoms with van der Waals surface area (Å²) in [6, 6.07) is 2.40. The summed E-state index contributed by atoms with van der Waals surface area (Å²) >= 11 is 1.67. The summed E-state index contributed by atoms with van der Waals surface area (Å²) in [4.78, 5) is 16.4. The summed E-state index contributed by atoms with van der Waals surface area (Å²) < 4.78 is 9.38. The van der Waals surface area contributed by atoms with E-state index in [1.54, 1.807) is 24.6 Å². The van der Waals surface area contributed by atoms with Crippen molar-refractivity contribution in [1.82, 2.24) is 29.3 Å². The summed E-state index contributed by atoms with van der Waals surface area (Å²) in [7, 11) is 3.75. The van der Waals surface area contributed by atoms with Gasteiger partial charge in [-0.05, 0) is 51.2 Å². The van der Waals surface area contributed by atoms with Crippen LogP contribution in [-0.2, 0) is 11.8 Å². The second-order valence-electron chi connectivity index (χ2n) is 8.84. The van der Waals surface area contributed by atoms with Crippen molar-refractivity contribution in [2.45, 2.75) is 45.8 Å². The highest BCUT2D eigenvalue weighted by molar-refractivity contribution is 7.22. The molecule has 1 fully saturated rings. The number of imidazole rings is 1. The number of anilines is 1. The summed E-state index contributed by atoms with van der Waals surface area (Å²) in [5, 5.41) is 9.49. The van der Waals surface area contributed by atoms with E-state index in [1.807, 2.05) is 28.7 Å². The van der Waals surface area contributed by atoms with Crippen molar-refractivity contribution in [3.8, 4) is 22.2 Å². The molecule has 1 aliphatic rings. The number of nitrogens with one attached hydrogen (secondary N) is 1. The minimum atomic E-state index is 0.323. The van der Waals surface area contributed by atoms with Crippen molar-refractivity contribution in [2.75, 3.05) is 19.0 Å². The van der Waals surface area contributed by atoms with E-state index in [9.17, 15) is 0 Å². The van der Waals surface area contributed by atoms with Gasteiger partial charge in [0.25, 0.3) is 0 Å². The third kappa shape index (κ3) is 3.69. The number of ether oxygens (including phenoxy) is 1. The predicted molar refractivity (Wildman–Crippen MR) is 128 cm³/mol. The van der Waals surface area contributed by atoms with Gasteiger partial charge in [0.05, 0.1) is 16.4 Å². The lowest BCUT2D eigenvalue weighted by molar-refractivity contribution is 0.00562. The third-order valence-electron chi connectivity index (χ3n) is 6.27. The molecular weight excluding hydrogens is 422 g/mol. The zero-order valence-electron chi connectivity index (χ0n) is 19.2. The molecular formula is C23H29N7OS. The lowest BCUT2D eigenvalue weighted by Crippen LogP contribution is -2.34. The highest BCUT2D eigenvalue weighted by Gasteiger charge is 2.29. The van der Waals surface area contributed by atoms with Crippen LogP contribution in [0.5, 0.6) is 0 Å². The van der Waals surface area contributed by atoms with Crippen molar-refractivity contribution >= 4 is 27.4 Å². The molecule has 0 saturated heterocycles. The van der Waals surface area contributed by atoms with Gasteiger partial charge in [0.1, 0.15) is 16.3 Å². The number of nitrogens with zero attached hydrogens (tertiary/aromatic N) is 6. The Bertz CT molecular complexity index is 1250. The molecule has 0 bridgehead atoms. The fourth-order valence-electron chi connectivity index (χ4n) is 4.21. The molecule has 168 valence electrons. The summed E-state index contributed by atoms with van der Waals surface area (Å²) in [6.45, 7) is 7.28. The molecule has 5 rings (SSSR count). The topological polar surface area (TPSA) is 82.7 Å². The van der Waals surface area contributed by atoms with Gasteiger partial charge in [0, 0.05) is 45.3 Å². The Morgan fingerprint density at radius 1 is 1.25 bits per heavy atom. The normalized spacial score (nSPS) is 18.4. The molecule has 8 nitrogen and oxygen atoms in total. The summed E-state index contributed by atoms with van der Waals surface area (Å²) in [6.07, 6.45) is 8.30. The molecule has 1 saturated carbocycles. The van der Waals surface area contributed by atoms with E-state index in [2.05, 4.69) is 37.1 Å². The van der Waals surface area contributed by atoms with Crippen LogP contribution >= 0.6 is 11.3 Å². The van der Waals surface area contributed by atoms with Gasteiger partial charge >= 0.3 is 0 Å². The summed E-state index contributed by atoms with van der Waals surface area (Å²) in [5.74, 6) is 2.87. The van der Waals surface area contributed by atoms with E-state index in [0.717, 1.165) is 57.4 Å². The molecule has 4 heterocycles. The largest absolute Gasteiger partial charge is 0.381 e. The van der Waals surface area contributed by atoms with Gasteiger partial charge in [-0.25, -0.2) is 15.0 Å². The van der Waals surface area contributed by atoms with Crippen LogP contribution in [0.25, 0.3) is 32.4 Å². The van der Waals surface area contributed by atoms with Crippen molar-refractivity contribution < 1.29 is 4.74 Å². The number of aryl methyl sites for hydroxylation is 2. The van der Waals surface area contributed by atoms with Gasteiger partial charge in [-0.2, -0.15) is 5.10 Å². The van der Waals surface area contributed by atoms with Crippen LogP contribution < -0.4 is 5.32 Å². The maximum atomic E-state index is 5.44. The third-order valence-corrected chi connectivity index (χ3v) is 7.47. The van der Waals surface area contributed by atoms with Crippen LogP contribution in [0.4, 0.5) is 5.82 Å². The first-order chi connectivity index (χ1) is 15.4. The number of methoxy groups -OCH3 is 1. The van der Waals surface area contributed by atoms with Crippen molar-refractivity contribution in [3.05, 3.63) is 30.2 Å². The molecule has 9 heteroatoms. The zero-order chi connectivity index (χ0) is 22.4. The smallest absolute Gasteiger partial charge is 0.199 e. The van der Waals surface area contributed by atoms with E-state index in [1.165, 1.54) is 0 Å². The number of rotatable bonds is 7. The van der Waals surface area contributed by atoms with E-state index >= 15 is 0 Å². The first kappa shape index (κ1) is 21.1. The number of fused-ring (bicyclic) bond motifs is 1. The summed E-state index contributed by atoms with van der Waals surface area (Å²) in [5.41, 5.74) is 2.14. The fraction of sp³-hybridized carbons (Fsp3) is 0.478. The van der Waals surface area contributed by atoms with E-state index < -0.39 is 0 Å². The van der Waals surface area contributed by atoms with Gasteiger partial charge in [-0.1, -0.05) is 0 Å². The first-order valence-corrected chi connectivity index (χ1v) is 11.9. The monoisotopic (exact) mass is 451 g/mol. The number of aromatic nitrogens is 6. The number of hydrogen-bond acceptors (Lipinski definition) is 7. The molecule has 0 atom stereocenters. The van der Waals surface area contributed by atoms with Crippen molar-refractivity contribution in [2.24, 2.45) is 13.0 Å². The molecule has 0 aliphatic heterocycles. The van der Waals surface area contributed by atoms with Gasteiger partial charge in [0.15, 0.2) is 11.6 Å². The molecule has 0 radical (unpaired) electrons. The standard InChI is InChI=1S/C23H29N7OS/c1-13(2)30-8-6-17(28-30)19-14(3)18-20(25-12-15-10-16(11-15)31-5)26-21(27-23(18)32-19)22-24-7-9-29(22)4/h6-9,13,15-16H,10-12H2,1-5H3,(H,25,26,27)/t15-,16-. The fourth-order valence-corrected chi connectivity index (χ4v) is 5.36. The Morgan fingerprint density at radius 2 is 2.06 bits per heavy atom. The highest BCUT2D eigenvalue weighted by Crippen LogP contribution is 2.41. The van der Waals surface area contributed by atoms with Crippen LogP contribution in [0.3, 0.4) is 0 Å². The van der Waals surface area contributed by atoms with Crippen LogP contribution in [0, 0.1) is 12.8 Å². The van der Waals surface area contributed by atoms with E-state index in [0.29, 0.717) is 23.9 Å². The molecule has 32 heavy (non-hydrogen) atoms. The molecule has 0 unspecified atom stereocenters. The zero-order valence-corrected chi connectivity index (χ0v) is 20.0. The molecule has 1 N–H and O–H groups in total. The predicted octanol–water partition coefficient (Wildman–Crippen LogP) is 4.68. The van der Waals surface area contributed by atoms with Crippen LogP contribution in [0.2, 0.25) is 0 Å². The van der Waals surface area contributed by atoms with Crippen molar-refractivity contribution in [1.29, 1.82) is 0 Å². The average Bonchev–Trinajstić information content (AvgIpc) is 3.45. The minimum Gasteiger partial charge on any atom is -0.381 e. The molecule has 4 aromatic rings. The maximum Gasteiger partial charge on any atom is 0.199 e. The van der Waals surface area contributed by atoms with Crippen LogP contribution in [0.1, 0.15) is 38.3 Å². The van der Waals surface area contributed by atoms with E-state index in [-0.39, 0.29) is 0 Å². The average molecular weight is 452 g/mol. The Morgan fingerprint density at radius 3 is 2.72 bits per heavy atom. The molecule has 0 amide bonds. The Balaban J connectivity index is 1.56. The quantitative estimate of drug-likeness (QED) is 0.439. The first-order valence-electron chi connectivity index (χ1n) is 11.1.